The molecular weight excluding hydrogens is 468 g/mol. The lowest BCUT2D eigenvalue weighted by Crippen LogP contribution is -2.38. The van der Waals surface area contributed by atoms with Crippen molar-refractivity contribution < 1.29 is 9.72 Å². The maximum atomic E-state index is 13.3. The first-order valence-electron chi connectivity index (χ1n) is 12.1. The van der Waals surface area contributed by atoms with Crippen molar-refractivity contribution in [2.75, 3.05) is 0 Å². The van der Waals surface area contributed by atoms with Crippen molar-refractivity contribution in [3.8, 4) is 5.69 Å². The number of thioether (sulfide) groups is 1. The van der Waals surface area contributed by atoms with Gasteiger partial charge in [-0.05, 0) is 31.1 Å². The third-order valence-corrected chi connectivity index (χ3v) is 7.83. The number of hydrogen-bond donors (Lipinski definition) is 0. The zero-order valence-corrected chi connectivity index (χ0v) is 20.9. The SMILES string of the molecule is O=C1C(=Cc2cn(-c3ccc([N+](=O)[O-])cc3)cn2)SC(=S)N1C1CCCCCCCCCCC1. The maximum Gasteiger partial charge on any atom is 0.269 e. The van der Waals surface area contributed by atoms with Crippen LogP contribution in [-0.4, -0.2) is 35.6 Å². The van der Waals surface area contributed by atoms with Gasteiger partial charge in [-0.1, -0.05) is 81.8 Å². The number of hydrogen-bond acceptors (Lipinski definition) is 6. The van der Waals surface area contributed by atoms with Gasteiger partial charge in [-0.3, -0.25) is 19.8 Å². The van der Waals surface area contributed by atoms with Gasteiger partial charge in [-0.2, -0.15) is 0 Å². The van der Waals surface area contributed by atoms with Crippen molar-refractivity contribution in [3.05, 3.63) is 57.5 Å². The van der Waals surface area contributed by atoms with Gasteiger partial charge in [0.05, 0.1) is 21.8 Å². The fraction of sp³-hybridized carbons (Fsp3) is 0.480. The number of nitro groups is 1. The molecule has 0 unspecified atom stereocenters. The number of amides is 1. The molecule has 2 fully saturated rings. The highest BCUT2D eigenvalue weighted by atomic mass is 32.2. The van der Waals surface area contributed by atoms with Gasteiger partial charge in [0.2, 0.25) is 0 Å². The van der Waals surface area contributed by atoms with Crippen molar-refractivity contribution in [1.29, 1.82) is 0 Å². The summed E-state index contributed by atoms with van der Waals surface area (Å²) in [6, 6.07) is 6.45. The molecule has 4 rings (SSSR count). The maximum absolute atomic E-state index is 13.3. The fourth-order valence-electron chi connectivity index (χ4n) is 4.63. The Morgan fingerprint density at radius 2 is 1.59 bits per heavy atom. The Bertz CT molecular complexity index is 1050. The number of carbonyl (C=O) groups is 1. The first kappa shape index (κ1) is 24.6. The first-order chi connectivity index (χ1) is 16.5. The Morgan fingerprint density at radius 1 is 1.00 bits per heavy atom. The zero-order chi connectivity index (χ0) is 23.9. The Balaban J connectivity index is 1.46. The lowest BCUT2D eigenvalue weighted by atomic mass is 9.97. The van der Waals surface area contributed by atoms with E-state index in [2.05, 4.69) is 4.98 Å². The van der Waals surface area contributed by atoms with Crippen LogP contribution in [0.25, 0.3) is 11.8 Å². The normalized spacial score (nSPS) is 20.4. The third-order valence-electron chi connectivity index (χ3n) is 6.50. The van der Waals surface area contributed by atoms with Crippen LogP contribution >= 0.6 is 24.0 Å². The molecule has 0 spiro atoms. The van der Waals surface area contributed by atoms with Crippen molar-refractivity contribution >= 4 is 46.0 Å². The summed E-state index contributed by atoms with van der Waals surface area (Å²) in [5, 5.41) is 10.9. The van der Waals surface area contributed by atoms with Crippen LogP contribution in [0.4, 0.5) is 5.69 Å². The quantitative estimate of drug-likeness (QED) is 0.203. The molecule has 1 saturated carbocycles. The number of imidazole rings is 1. The number of carbonyl (C=O) groups excluding carboxylic acids is 1. The van der Waals surface area contributed by atoms with E-state index in [1.54, 1.807) is 29.1 Å². The molecule has 1 saturated heterocycles. The molecule has 1 amide bonds. The van der Waals surface area contributed by atoms with E-state index in [1.807, 2.05) is 11.1 Å². The highest BCUT2D eigenvalue weighted by Crippen LogP contribution is 2.36. The molecule has 180 valence electrons. The second kappa shape index (κ2) is 11.8. The molecule has 2 aromatic rings. The molecule has 2 aliphatic rings. The molecule has 1 aliphatic carbocycles. The lowest BCUT2D eigenvalue weighted by Gasteiger charge is -2.27. The van der Waals surface area contributed by atoms with Crippen molar-refractivity contribution in [3.63, 3.8) is 0 Å². The van der Waals surface area contributed by atoms with E-state index >= 15 is 0 Å². The molecule has 0 bridgehead atoms. The van der Waals surface area contributed by atoms with Gasteiger partial charge < -0.3 is 4.57 Å². The second-order valence-electron chi connectivity index (χ2n) is 8.94. The van der Waals surface area contributed by atoms with E-state index in [1.165, 1.54) is 68.8 Å². The minimum atomic E-state index is -0.423. The van der Waals surface area contributed by atoms with Gasteiger partial charge in [0.25, 0.3) is 11.6 Å². The lowest BCUT2D eigenvalue weighted by molar-refractivity contribution is -0.384. The molecule has 34 heavy (non-hydrogen) atoms. The average molecular weight is 499 g/mol. The summed E-state index contributed by atoms with van der Waals surface area (Å²) < 4.78 is 2.42. The van der Waals surface area contributed by atoms with Gasteiger partial charge in [0.1, 0.15) is 4.32 Å². The van der Waals surface area contributed by atoms with E-state index in [0.29, 0.717) is 14.9 Å². The molecule has 0 atom stereocenters. The van der Waals surface area contributed by atoms with E-state index in [9.17, 15) is 14.9 Å². The number of benzene rings is 1. The Kier molecular flexibility index (Phi) is 8.50. The minimum absolute atomic E-state index is 0.0167. The van der Waals surface area contributed by atoms with Crippen LogP contribution < -0.4 is 0 Å². The van der Waals surface area contributed by atoms with E-state index in [4.69, 9.17) is 12.2 Å². The fourth-order valence-corrected chi connectivity index (χ4v) is 6.01. The van der Waals surface area contributed by atoms with Crippen LogP contribution in [0.5, 0.6) is 0 Å². The predicted molar refractivity (Wildman–Crippen MR) is 140 cm³/mol. The summed E-state index contributed by atoms with van der Waals surface area (Å²) in [7, 11) is 0. The summed E-state index contributed by atoms with van der Waals surface area (Å²) in [6.07, 6.45) is 18.5. The predicted octanol–water partition coefficient (Wildman–Crippen LogP) is 6.66. The van der Waals surface area contributed by atoms with Gasteiger partial charge in [0.15, 0.2) is 0 Å². The molecule has 1 aliphatic heterocycles. The smallest absolute Gasteiger partial charge is 0.269 e. The van der Waals surface area contributed by atoms with Gasteiger partial charge in [0, 0.05) is 30.1 Å². The first-order valence-corrected chi connectivity index (χ1v) is 13.3. The highest BCUT2D eigenvalue weighted by molar-refractivity contribution is 8.26. The monoisotopic (exact) mass is 498 g/mol. The summed E-state index contributed by atoms with van der Waals surface area (Å²) in [4.78, 5) is 30.6. The largest absolute Gasteiger partial charge is 0.306 e. The number of non-ortho nitro benzene ring substituents is 1. The Labute approximate surface area is 209 Å². The topological polar surface area (TPSA) is 81.3 Å². The molecule has 9 heteroatoms. The number of rotatable bonds is 4. The van der Waals surface area contributed by atoms with Gasteiger partial charge >= 0.3 is 0 Å². The van der Waals surface area contributed by atoms with Gasteiger partial charge in [-0.25, -0.2) is 4.98 Å². The molecule has 1 aromatic heterocycles. The number of nitrogens with zero attached hydrogens (tertiary/aromatic N) is 4. The third kappa shape index (κ3) is 6.13. The summed E-state index contributed by atoms with van der Waals surface area (Å²) in [5.74, 6) is -0.0167. The Hall–Kier alpha value is -2.52. The van der Waals surface area contributed by atoms with Crippen LogP contribution in [0.15, 0.2) is 41.7 Å². The van der Waals surface area contributed by atoms with Crippen molar-refractivity contribution in [2.24, 2.45) is 0 Å². The van der Waals surface area contributed by atoms with E-state index in [-0.39, 0.29) is 17.6 Å². The van der Waals surface area contributed by atoms with Crippen LogP contribution in [0.3, 0.4) is 0 Å². The molecular formula is C25H30N4O3S2. The second-order valence-corrected chi connectivity index (χ2v) is 10.6. The molecule has 1 aromatic carbocycles. The van der Waals surface area contributed by atoms with E-state index < -0.39 is 4.92 Å². The molecule has 7 nitrogen and oxygen atoms in total. The average Bonchev–Trinajstić information content (AvgIpc) is 3.39. The number of nitro benzene ring substituents is 1. The molecule has 0 N–H and O–H groups in total. The van der Waals surface area contributed by atoms with Crippen molar-refractivity contribution in [1.82, 2.24) is 14.5 Å². The highest BCUT2D eigenvalue weighted by Gasteiger charge is 2.36. The van der Waals surface area contributed by atoms with Crippen LogP contribution in [0.1, 0.15) is 76.3 Å². The number of thiocarbonyl (C=S) groups is 1. The van der Waals surface area contributed by atoms with Crippen molar-refractivity contribution in [2.45, 2.75) is 76.7 Å². The van der Waals surface area contributed by atoms with Crippen LogP contribution in [0, 0.1) is 10.1 Å². The van der Waals surface area contributed by atoms with E-state index in [0.717, 1.165) is 31.4 Å². The molecule has 2 heterocycles. The zero-order valence-electron chi connectivity index (χ0n) is 19.2. The summed E-state index contributed by atoms with van der Waals surface area (Å²) in [6.45, 7) is 0. The van der Waals surface area contributed by atoms with Gasteiger partial charge in [-0.15, -0.1) is 0 Å². The molecule has 0 radical (unpaired) electrons. The Morgan fingerprint density at radius 3 is 2.18 bits per heavy atom. The minimum Gasteiger partial charge on any atom is -0.306 e. The standard InChI is InChI=1S/C25H30N4O3S2/c30-24-23(16-19-17-27(18-26-19)20-12-14-22(15-13-20)29(31)32)34-25(33)28(24)21-10-8-6-4-2-1-3-5-7-9-11-21/h12-18,21H,1-11H2. The van der Waals surface area contributed by atoms with Crippen LogP contribution in [-0.2, 0) is 4.79 Å². The summed E-state index contributed by atoms with van der Waals surface area (Å²) >= 11 is 6.99. The number of aromatic nitrogens is 2. The van der Waals surface area contributed by atoms with Crippen LogP contribution in [0.2, 0.25) is 0 Å². The summed E-state index contributed by atoms with van der Waals surface area (Å²) in [5.41, 5.74) is 1.45.